The highest BCUT2D eigenvalue weighted by atomic mass is 32.2. The summed E-state index contributed by atoms with van der Waals surface area (Å²) in [5.74, 6) is -0.0725. The first-order chi connectivity index (χ1) is 14.1. The van der Waals surface area contributed by atoms with Gasteiger partial charge in [0.2, 0.25) is 11.8 Å². The van der Waals surface area contributed by atoms with Crippen molar-refractivity contribution in [3.05, 3.63) is 65.2 Å². The number of thioether (sulfide) groups is 1. The van der Waals surface area contributed by atoms with Crippen LogP contribution < -0.4 is 10.2 Å². The van der Waals surface area contributed by atoms with Gasteiger partial charge in [-0.3, -0.25) is 14.5 Å². The summed E-state index contributed by atoms with van der Waals surface area (Å²) in [4.78, 5) is 27.9. The highest BCUT2D eigenvalue weighted by Gasteiger charge is 2.35. The summed E-state index contributed by atoms with van der Waals surface area (Å²) in [7, 11) is 0. The lowest BCUT2D eigenvalue weighted by molar-refractivity contribution is -0.122. The number of fused-ring (bicyclic) bond motifs is 1. The average molecular weight is 425 g/mol. The van der Waals surface area contributed by atoms with Gasteiger partial charge in [0.25, 0.3) is 0 Å². The highest BCUT2D eigenvalue weighted by Crippen LogP contribution is 2.32. The van der Waals surface area contributed by atoms with Crippen molar-refractivity contribution in [3.63, 3.8) is 0 Å². The molecule has 0 bridgehead atoms. The first kappa shape index (κ1) is 19.6. The molecule has 1 unspecified atom stereocenters. The fourth-order valence-corrected chi connectivity index (χ4v) is 4.73. The Balaban J connectivity index is 1.56. The summed E-state index contributed by atoms with van der Waals surface area (Å²) >= 11 is 2.74. The van der Waals surface area contributed by atoms with Gasteiger partial charge in [-0.25, -0.2) is 0 Å². The zero-order chi connectivity index (χ0) is 20.2. The Morgan fingerprint density at radius 3 is 2.76 bits per heavy atom. The van der Waals surface area contributed by atoms with Crippen LogP contribution in [0.5, 0.6) is 0 Å². The number of carbonyl (C=O) groups is 2. The second kappa shape index (κ2) is 8.75. The number of carbonyl (C=O) groups excluding carboxylic acids is 2. The third kappa shape index (κ3) is 4.49. The Kier molecular flexibility index (Phi) is 5.92. The van der Waals surface area contributed by atoms with Gasteiger partial charge in [0.15, 0.2) is 4.34 Å². The summed E-state index contributed by atoms with van der Waals surface area (Å²) < 4.78 is 0.740. The molecule has 1 aliphatic rings. The van der Waals surface area contributed by atoms with Crippen LogP contribution in [0.4, 0.5) is 11.4 Å². The van der Waals surface area contributed by atoms with E-state index < -0.39 is 6.04 Å². The molecule has 8 heteroatoms. The second-order valence-corrected chi connectivity index (χ2v) is 8.85. The predicted molar refractivity (Wildman–Crippen MR) is 116 cm³/mol. The molecule has 0 saturated heterocycles. The molecule has 0 fully saturated rings. The van der Waals surface area contributed by atoms with E-state index in [0.29, 0.717) is 6.42 Å². The van der Waals surface area contributed by atoms with Gasteiger partial charge >= 0.3 is 0 Å². The van der Waals surface area contributed by atoms with E-state index >= 15 is 0 Å². The van der Waals surface area contributed by atoms with Crippen molar-refractivity contribution < 1.29 is 9.59 Å². The first-order valence-corrected chi connectivity index (χ1v) is 11.1. The molecule has 3 aromatic rings. The van der Waals surface area contributed by atoms with Crippen molar-refractivity contribution >= 4 is 46.3 Å². The zero-order valence-corrected chi connectivity index (χ0v) is 17.5. The van der Waals surface area contributed by atoms with E-state index in [2.05, 4.69) is 15.5 Å². The summed E-state index contributed by atoms with van der Waals surface area (Å²) in [6.45, 7) is 2.00. The monoisotopic (exact) mass is 424 g/mol. The Morgan fingerprint density at radius 1 is 1.21 bits per heavy atom. The third-order valence-corrected chi connectivity index (χ3v) is 6.64. The molecule has 0 saturated carbocycles. The van der Waals surface area contributed by atoms with E-state index in [0.717, 1.165) is 33.3 Å². The van der Waals surface area contributed by atoms with Crippen molar-refractivity contribution in [2.24, 2.45) is 0 Å². The molecule has 148 valence electrons. The number of hydrogen-bond acceptors (Lipinski definition) is 6. The molecular weight excluding hydrogens is 404 g/mol. The first-order valence-electron chi connectivity index (χ1n) is 9.28. The van der Waals surface area contributed by atoms with E-state index in [1.165, 1.54) is 23.1 Å². The molecule has 29 heavy (non-hydrogen) atoms. The van der Waals surface area contributed by atoms with Gasteiger partial charge in [0.05, 0.1) is 5.75 Å². The van der Waals surface area contributed by atoms with Crippen LogP contribution >= 0.6 is 23.1 Å². The fraction of sp³-hybridized carbons (Fsp3) is 0.238. The maximum absolute atomic E-state index is 13.1. The Bertz CT molecular complexity index is 1010. The Hall–Kier alpha value is -2.71. The number of para-hydroxylation sites is 1. The van der Waals surface area contributed by atoms with E-state index in [-0.39, 0.29) is 17.6 Å². The molecule has 4 rings (SSSR count). The number of anilines is 2. The van der Waals surface area contributed by atoms with Gasteiger partial charge < -0.3 is 5.32 Å². The molecular formula is C21H20N4O2S2. The molecule has 2 aromatic carbocycles. The minimum atomic E-state index is -0.547. The molecule has 6 nitrogen and oxygen atoms in total. The van der Waals surface area contributed by atoms with Crippen LogP contribution in [0.25, 0.3) is 0 Å². The Morgan fingerprint density at radius 2 is 2.00 bits per heavy atom. The van der Waals surface area contributed by atoms with Crippen molar-refractivity contribution in [1.29, 1.82) is 0 Å². The minimum Gasteiger partial charge on any atom is -0.324 e. The number of nitrogens with zero attached hydrogens (tertiary/aromatic N) is 3. The number of rotatable bonds is 5. The van der Waals surface area contributed by atoms with Gasteiger partial charge in [-0.15, -0.1) is 10.2 Å². The molecule has 2 amide bonds. The molecule has 0 aliphatic carbocycles. The maximum atomic E-state index is 13.1. The molecule has 1 atom stereocenters. The molecule has 0 radical (unpaired) electrons. The van der Waals surface area contributed by atoms with E-state index in [1.54, 1.807) is 10.4 Å². The molecule has 2 heterocycles. The number of amides is 2. The van der Waals surface area contributed by atoms with Crippen LogP contribution in [0.2, 0.25) is 0 Å². The summed E-state index contributed by atoms with van der Waals surface area (Å²) in [6, 6.07) is 14.9. The minimum absolute atomic E-state index is 0.110. The van der Waals surface area contributed by atoms with Gasteiger partial charge in [-0.2, -0.15) is 0 Å². The van der Waals surface area contributed by atoms with Crippen LogP contribution in [0.1, 0.15) is 17.5 Å². The van der Waals surface area contributed by atoms with Gasteiger partial charge in [0.1, 0.15) is 11.6 Å². The van der Waals surface area contributed by atoms with Crippen LogP contribution in [0.3, 0.4) is 0 Å². The number of benzene rings is 2. The van der Waals surface area contributed by atoms with Gasteiger partial charge in [-0.1, -0.05) is 59.0 Å². The normalized spacial score (nSPS) is 15.6. The van der Waals surface area contributed by atoms with Crippen LogP contribution in [-0.4, -0.2) is 33.8 Å². The van der Waals surface area contributed by atoms with Crippen LogP contribution in [-0.2, 0) is 16.0 Å². The lowest BCUT2D eigenvalue weighted by Gasteiger charge is -2.36. The smallest absolute Gasteiger partial charge is 0.247 e. The predicted octanol–water partition coefficient (Wildman–Crippen LogP) is 3.93. The lowest BCUT2D eigenvalue weighted by atomic mass is 9.95. The zero-order valence-electron chi connectivity index (χ0n) is 15.9. The quantitative estimate of drug-likeness (QED) is 0.628. The Labute approximate surface area is 177 Å². The van der Waals surface area contributed by atoms with E-state index in [1.807, 2.05) is 55.5 Å². The van der Waals surface area contributed by atoms with Crippen LogP contribution in [0, 0.1) is 6.92 Å². The molecule has 0 spiro atoms. The SMILES string of the molecule is Cc1ccc(NC(=O)C2CCc3ccccc3N2C(=O)CSc2nncs2)cc1. The summed E-state index contributed by atoms with van der Waals surface area (Å²) in [5.41, 5.74) is 5.39. The molecule has 1 aromatic heterocycles. The molecule has 1 aliphatic heterocycles. The summed E-state index contributed by atoms with van der Waals surface area (Å²) in [5, 5.41) is 10.7. The lowest BCUT2D eigenvalue weighted by Crippen LogP contribution is -2.51. The number of aromatic nitrogens is 2. The maximum Gasteiger partial charge on any atom is 0.247 e. The van der Waals surface area contributed by atoms with E-state index in [4.69, 9.17) is 0 Å². The van der Waals surface area contributed by atoms with Gasteiger partial charge in [0, 0.05) is 11.4 Å². The fourth-order valence-electron chi connectivity index (χ4n) is 3.38. The van der Waals surface area contributed by atoms with Crippen molar-refractivity contribution in [2.45, 2.75) is 30.1 Å². The largest absolute Gasteiger partial charge is 0.324 e. The third-order valence-electron chi connectivity index (χ3n) is 4.80. The number of aryl methyl sites for hydroxylation is 2. The second-order valence-electron chi connectivity index (χ2n) is 6.80. The van der Waals surface area contributed by atoms with E-state index in [9.17, 15) is 9.59 Å². The number of nitrogens with one attached hydrogen (secondary N) is 1. The standard InChI is InChI=1S/C21H20N4O2S2/c1-14-6-9-16(10-7-14)23-20(27)18-11-8-15-4-2-3-5-17(15)25(18)19(26)12-28-21-24-22-13-29-21/h2-7,9-10,13,18H,8,11-12H2,1H3,(H,23,27). The molecule has 1 N–H and O–H groups in total. The van der Waals surface area contributed by atoms with Crippen LogP contribution in [0.15, 0.2) is 58.4 Å². The van der Waals surface area contributed by atoms with Crippen molar-refractivity contribution in [3.8, 4) is 0 Å². The van der Waals surface area contributed by atoms with Crippen molar-refractivity contribution in [2.75, 3.05) is 16.0 Å². The highest BCUT2D eigenvalue weighted by molar-refractivity contribution is 8.01. The average Bonchev–Trinajstić information content (AvgIpc) is 3.26. The van der Waals surface area contributed by atoms with Gasteiger partial charge in [-0.05, 0) is 43.5 Å². The number of hydrogen-bond donors (Lipinski definition) is 1. The van der Waals surface area contributed by atoms with Crippen molar-refractivity contribution in [1.82, 2.24) is 10.2 Å². The summed E-state index contributed by atoms with van der Waals surface area (Å²) in [6.07, 6.45) is 1.35. The topological polar surface area (TPSA) is 75.2 Å².